The van der Waals surface area contributed by atoms with Crippen LogP contribution in [0.25, 0.3) is 0 Å². The third-order valence-electron chi connectivity index (χ3n) is 6.35. The van der Waals surface area contributed by atoms with Crippen LogP contribution >= 0.6 is 0 Å². The highest BCUT2D eigenvalue weighted by Crippen LogP contribution is 2.23. The largest absolute Gasteiger partial charge is 0.295 e. The zero-order valence-corrected chi connectivity index (χ0v) is 24.0. The topological polar surface area (TPSA) is 34.1 Å². The molecule has 0 amide bonds. The Labute approximate surface area is 230 Å². The van der Waals surface area contributed by atoms with Crippen molar-refractivity contribution >= 4 is 11.6 Å². The number of carbonyl (C=O) groups is 2. The van der Waals surface area contributed by atoms with Crippen molar-refractivity contribution in [2.45, 2.75) is 67.2 Å². The second-order valence-electron chi connectivity index (χ2n) is 10.8. The second-order valence-corrected chi connectivity index (χ2v) is 10.8. The molecule has 0 radical (unpaired) electrons. The van der Waals surface area contributed by atoms with Crippen LogP contribution in [0.2, 0.25) is 0 Å². The molecule has 2 rings (SSSR count). The van der Waals surface area contributed by atoms with Gasteiger partial charge < -0.3 is 0 Å². The average molecular weight is 509 g/mol. The van der Waals surface area contributed by atoms with Crippen molar-refractivity contribution in [2.24, 2.45) is 11.8 Å². The van der Waals surface area contributed by atoms with Gasteiger partial charge in [-0.3, -0.25) is 9.59 Å². The van der Waals surface area contributed by atoms with Crippen LogP contribution in [-0.4, -0.2) is 11.6 Å². The third-order valence-corrected chi connectivity index (χ3v) is 6.35. The maximum absolute atomic E-state index is 11.7. The molecule has 0 aromatic carbocycles. The van der Waals surface area contributed by atoms with Crippen molar-refractivity contribution in [2.75, 3.05) is 0 Å². The van der Waals surface area contributed by atoms with E-state index < -0.39 is 0 Å². The lowest BCUT2D eigenvalue weighted by molar-refractivity contribution is -0.116. The summed E-state index contributed by atoms with van der Waals surface area (Å²) in [5.74, 6) is 1.34. The van der Waals surface area contributed by atoms with Gasteiger partial charge in [0, 0.05) is 12.8 Å². The number of ketones is 2. The quantitative estimate of drug-likeness (QED) is 0.275. The SMILES string of the molecule is CC(/C=C/C=C(C)/C=C/C1=CC(=O)CC(C)C1)=C\C=C\C=C(C)\C=C\C=C(C)\C=C\C1=CC(=O)CC(C)C1. The molecule has 2 nitrogen and oxygen atoms in total. The monoisotopic (exact) mass is 508 g/mol. The van der Waals surface area contributed by atoms with Gasteiger partial charge >= 0.3 is 0 Å². The molecule has 0 saturated heterocycles. The summed E-state index contributed by atoms with van der Waals surface area (Å²) in [6.45, 7) is 12.6. The van der Waals surface area contributed by atoms with Gasteiger partial charge in [-0.1, -0.05) is 121 Å². The summed E-state index contributed by atoms with van der Waals surface area (Å²) in [7, 11) is 0. The summed E-state index contributed by atoms with van der Waals surface area (Å²) in [6, 6.07) is 0. The van der Waals surface area contributed by atoms with Crippen molar-refractivity contribution < 1.29 is 9.59 Å². The predicted molar refractivity (Wildman–Crippen MR) is 164 cm³/mol. The van der Waals surface area contributed by atoms with Gasteiger partial charge in [0.2, 0.25) is 0 Å². The minimum atomic E-state index is 0.234. The Kier molecular flexibility index (Phi) is 13.2. The Hall–Kier alpha value is -3.52. The molecular formula is C36H44O2. The summed E-state index contributed by atoms with van der Waals surface area (Å²) in [5, 5.41) is 0. The molecule has 200 valence electrons. The Morgan fingerprint density at radius 3 is 1.26 bits per heavy atom. The fraction of sp³-hybridized carbons (Fsp3) is 0.333. The number of hydrogen-bond donors (Lipinski definition) is 0. The minimum absolute atomic E-state index is 0.234. The van der Waals surface area contributed by atoms with E-state index in [4.69, 9.17) is 0 Å². The van der Waals surface area contributed by atoms with E-state index in [0.717, 1.165) is 35.1 Å². The van der Waals surface area contributed by atoms with Crippen LogP contribution in [0, 0.1) is 11.8 Å². The van der Waals surface area contributed by atoms with E-state index in [9.17, 15) is 9.59 Å². The van der Waals surface area contributed by atoms with Crippen LogP contribution < -0.4 is 0 Å². The molecule has 2 atom stereocenters. The van der Waals surface area contributed by atoms with Crippen LogP contribution in [0.3, 0.4) is 0 Å². The Balaban J connectivity index is 1.82. The van der Waals surface area contributed by atoms with Gasteiger partial charge in [0.1, 0.15) is 0 Å². The lowest BCUT2D eigenvalue weighted by Gasteiger charge is -2.15. The molecule has 0 fully saturated rings. The molecule has 0 N–H and O–H groups in total. The molecule has 0 aromatic rings. The highest BCUT2D eigenvalue weighted by Gasteiger charge is 2.15. The van der Waals surface area contributed by atoms with Gasteiger partial charge in [0.15, 0.2) is 11.6 Å². The second kappa shape index (κ2) is 16.3. The smallest absolute Gasteiger partial charge is 0.156 e. The number of rotatable bonds is 10. The lowest BCUT2D eigenvalue weighted by atomic mass is 9.89. The van der Waals surface area contributed by atoms with Crippen molar-refractivity contribution in [3.8, 4) is 0 Å². The van der Waals surface area contributed by atoms with E-state index in [-0.39, 0.29) is 11.6 Å². The first-order valence-electron chi connectivity index (χ1n) is 13.7. The predicted octanol–water partition coefficient (Wildman–Crippen LogP) is 9.40. The minimum Gasteiger partial charge on any atom is -0.295 e. The van der Waals surface area contributed by atoms with Crippen LogP contribution in [0.1, 0.15) is 67.2 Å². The molecule has 0 bridgehead atoms. The normalized spacial score (nSPS) is 23.1. The van der Waals surface area contributed by atoms with Crippen molar-refractivity contribution in [1.29, 1.82) is 0 Å². The summed E-state index contributed by atoms with van der Waals surface area (Å²) in [6.07, 6.45) is 35.8. The van der Waals surface area contributed by atoms with Gasteiger partial charge in [-0.15, -0.1) is 0 Å². The van der Waals surface area contributed by atoms with Crippen LogP contribution in [0.5, 0.6) is 0 Å². The highest BCUT2D eigenvalue weighted by molar-refractivity contribution is 5.92. The molecule has 0 spiro atoms. The first-order valence-corrected chi connectivity index (χ1v) is 13.7. The molecule has 2 heteroatoms. The van der Waals surface area contributed by atoms with E-state index >= 15 is 0 Å². The molecule has 2 aliphatic carbocycles. The first-order chi connectivity index (χ1) is 18.1. The zero-order valence-electron chi connectivity index (χ0n) is 24.0. The van der Waals surface area contributed by atoms with E-state index in [2.05, 4.69) is 114 Å². The van der Waals surface area contributed by atoms with E-state index in [1.165, 1.54) is 11.1 Å². The van der Waals surface area contributed by atoms with Gasteiger partial charge in [-0.2, -0.15) is 0 Å². The first kappa shape index (κ1) is 30.7. The fourth-order valence-corrected chi connectivity index (χ4v) is 4.33. The van der Waals surface area contributed by atoms with Crippen molar-refractivity contribution in [3.05, 3.63) is 131 Å². The lowest BCUT2D eigenvalue weighted by Crippen LogP contribution is -2.10. The Morgan fingerprint density at radius 1 is 0.553 bits per heavy atom. The standard InChI is InChI=1S/C36H44O2/c1-27(13-9-15-29(3)17-19-33-21-31(5)23-35(37)25-33)11-7-8-12-28(2)14-10-16-30(4)18-20-34-22-32(6)24-36(38)26-34/h7-20,25-26,31-32H,21-24H2,1-6H3/b8-7+,13-9+,14-10+,19-17+,20-18+,27-11+,28-12+,29-15+,30-16+. The van der Waals surface area contributed by atoms with Gasteiger partial charge in [0.25, 0.3) is 0 Å². The fourth-order valence-electron chi connectivity index (χ4n) is 4.33. The average Bonchev–Trinajstić information content (AvgIpc) is 2.83. The van der Waals surface area contributed by atoms with Crippen LogP contribution in [-0.2, 0) is 9.59 Å². The number of hydrogen-bond acceptors (Lipinski definition) is 2. The Bertz CT molecular complexity index is 1100. The van der Waals surface area contributed by atoms with Crippen LogP contribution in [0.15, 0.2) is 131 Å². The summed E-state index contributed by atoms with van der Waals surface area (Å²) >= 11 is 0. The summed E-state index contributed by atoms with van der Waals surface area (Å²) in [4.78, 5) is 23.4. The zero-order chi connectivity index (χ0) is 27.9. The molecule has 0 saturated carbocycles. The molecule has 38 heavy (non-hydrogen) atoms. The van der Waals surface area contributed by atoms with E-state index in [0.29, 0.717) is 24.7 Å². The molecule has 2 aliphatic rings. The molecule has 0 heterocycles. The molecule has 0 aliphatic heterocycles. The summed E-state index contributed by atoms with van der Waals surface area (Å²) < 4.78 is 0. The molecular weight excluding hydrogens is 464 g/mol. The molecule has 0 aromatic heterocycles. The van der Waals surface area contributed by atoms with E-state index in [1.54, 1.807) is 12.2 Å². The maximum Gasteiger partial charge on any atom is 0.156 e. The Morgan fingerprint density at radius 2 is 0.895 bits per heavy atom. The van der Waals surface area contributed by atoms with Crippen LogP contribution in [0.4, 0.5) is 0 Å². The number of allylic oxidation sites excluding steroid dienone is 22. The van der Waals surface area contributed by atoms with Crippen molar-refractivity contribution in [1.82, 2.24) is 0 Å². The number of carbonyl (C=O) groups excluding carboxylic acids is 2. The van der Waals surface area contributed by atoms with Gasteiger partial charge in [0.05, 0.1) is 0 Å². The van der Waals surface area contributed by atoms with Crippen molar-refractivity contribution in [3.63, 3.8) is 0 Å². The van der Waals surface area contributed by atoms with Gasteiger partial charge in [-0.05, 0) is 75.7 Å². The van der Waals surface area contributed by atoms with E-state index in [1.807, 2.05) is 12.2 Å². The third kappa shape index (κ3) is 13.1. The highest BCUT2D eigenvalue weighted by atomic mass is 16.1. The molecule has 2 unspecified atom stereocenters. The van der Waals surface area contributed by atoms with Gasteiger partial charge in [-0.25, -0.2) is 0 Å². The maximum atomic E-state index is 11.7. The summed E-state index contributed by atoms with van der Waals surface area (Å²) in [5.41, 5.74) is 6.87.